The van der Waals surface area contributed by atoms with Crippen LogP contribution in [0.1, 0.15) is 52.0 Å². The Morgan fingerprint density at radius 2 is 1.73 bits per heavy atom. The number of rotatable bonds is 7. The molecule has 0 N–H and O–H groups in total. The molecule has 0 bridgehead atoms. The number of ether oxygens (including phenoxy) is 2. The quantitative estimate of drug-likeness (QED) is 0.709. The highest BCUT2D eigenvalue weighted by molar-refractivity contribution is 5.28. The van der Waals surface area contributed by atoms with E-state index < -0.39 is 0 Å². The Kier molecular flexibility index (Phi) is 6.71. The van der Waals surface area contributed by atoms with E-state index >= 15 is 0 Å². The molecule has 0 radical (unpaired) electrons. The molecule has 1 fully saturated rings. The standard InChI is InChI=1S/C19H31NO2/c1-15(2)18-7-9-19(10-8-18)21-12-6-5-11-20-13-16(3)22-17(4)14-20/h7-10,15-17H,5-6,11-14H2,1-4H3/t16-,17-/m0/s1. The average Bonchev–Trinajstić information content (AvgIpc) is 2.46. The van der Waals surface area contributed by atoms with Crippen molar-refractivity contribution in [1.82, 2.24) is 4.90 Å². The van der Waals surface area contributed by atoms with Crippen LogP contribution in [0.5, 0.6) is 5.75 Å². The first kappa shape index (κ1) is 17.3. The zero-order valence-electron chi connectivity index (χ0n) is 14.5. The SMILES string of the molecule is CC(C)c1ccc(OCCCCN2C[C@H](C)O[C@@H](C)C2)cc1. The van der Waals surface area contributed by atoms with Crippen LogP contribution in [0, 0.1) is 0 Å². The summed E-state index contributed by atoms with van der Waals surface area (Å²) in [5, 5.41) is 0. The van der Waals surface area contributed by atoms with Gasteiger partial charge in [-0.05, 0) is 56.8 Å². The van der Waals surface area contributed by atoms with Crippen molar-refractivity contribution < 1.29 is 9.47 Å². The van der Waals surface area contributed by atoms with Gasteiger partial charge in [0.05, 0.1) is 18.8 Å². The maximum atomic E-state index is 5.83. The molecule has 0 spiro atoms. The maximum Gasteiger partial charge on any atom is 0.119 e. The molecule has 0 saturated carbocycles. The topological polar surface area (TPSA) is 21.7 Å². The van der Waals surface area contributed by atoms with Gasteiger partial charge in [0.25, 0.3) is 0 Å². The Labute approximate surface area is 135 Å². The first-order valence-corrected chi connectivity index (χ1v) is 8.65. The third-order valence-electron chi connectivity index (χ3n) is 4.18. The molecule has 2 rings (SSSR count). The molecule has 1 heterocycles. The summed E-state index contributed by atoms with van der Waals surface area (Å²) in [4.78, 5) is 2.51. The van der Waals surface area contributed by atoms with Gasteiger partial charge in [0, 0.05) is 13.1 Å². The number of nitrogens with zero attached hydrogens (tertiary/aromatic N) is 1. The lowest BCUT2D eigenvalue weighted by molar-refractivity contribution is -0.0682. The van der Waals surface area contributed by atoms with Gasteiger partial charge in [-0.1, -0.05) is 26.0 Å². The minimum atomic E-state index is 0.361. The lowest BCUT2D eigenvalue weighted by atomic mass is 10.0. The molecule has 0 aliphatic carbocycles. The smallest absolute Gasteiger partial charge is 0.119 e. The summed E-state index contributed by atoms with van der Waals surface area (Å²) in [5.41, 5.74) is 1.36. The van der Waals surface area contributed by atoms with Crippen LogP contribution in [0.25, 0.3) is 0 Å². The highest BCUT2D eigenvalue weighted by atomic mass is 16.5. The summed E-state index contributed by atoms with van der Waals surface area (Å²) in [5.74, 6) is 1.56. The maximum absolute atomic E-state index is 5.83. The summed E-state index contributed by atoms with van der Waals surface area (Å²) >= 11 is 0. The van der Waals surface area contributed by atoms with Crippen molar-refractivity contribution in [1.29, 1.82) is 0 Å². The van der Waals surface area contributed by atoms with Gasteiger partial charge in [-0.2, -0.15) is 0 Å². The van der Waals surface area contributed by atoms with Crippen LogP contribution >= 0.6 is 0 Å². The van der Waals surface area contributed by atoms with Gasteiger partial charge in [0.2, 0.25) is 0 Å². The largest absolute Gasteiger partial charge is 0.494 e. The Balaban J connectivity index is 1.61. The van der Waals surface area contributed by atoms with E-state index in [0.29, 0.717) is 18.1 Å². The molecule has 124 valence electrons. The fraction of sp³-hybridized carbons (Fsp3) is 0.684. The predicted molar refractivity (Wildman–Crippen MR) is 91.7 cm³/mol. The fourth-order valence-electron chi connectivity index (χ4n) is 3.04. The van der Waals surface area contributed by atoms with E-state index in [4.69, 9.17) is 9.47 Å². The number of benzene rings is 1. The second-order valence-corrected chi connectivity index (χ2v) is 6.80. The van der Waals surface area contributed by atoms with Crippen molar-refractivity contribution in [2.45, 2.75) is 58.7 Å². The fourth-order valence-corrected chi connectivity index (χ4v) is 3.04. The van der Waals surface area contributed by atoms with E-state index in [1.807, 2.05) is 0 Å². The van der Waals surface area contributed by atoms with Crippen molar-refractivity contribution in [2.24, 2.45) is 0 Å². The first-order valence-electron chi connectivity index (χ1n) is 8.65. The summed E-state index contributed by atoms with van der Waals surface area (Å²) < 4.78 is 11.6. The van der Waals surface area contributed by atoms with Gasteiger partial charge in [0.15, 0.2) is 0 Å². The number of morpholine rings is 1. The molecule has 0 aromatic heterocycles. The van der Waals surface area contributed by atoms with Gasteiger partial charge in [-0.3, -0.25) is 4.90 Å². The molecular weight excluding hydrogens is 274 g/mol. The van der Waals surface area contributed by atoms with Gasteiger partial charge in [-0.25, -0.2) is 0 Å². The molecule has 22 heavy (non-hydrogen) atoms. The number of hydrogen-bond donors (Lipinski definition) is 0. The van der Waals surface area contributed by atoms with Crippen LogP contribution in [-0.4, -0.2) is 43.3 Å². The highest BCUT2D eigenvalue weighted by Crippen LogP contribution is 2.18. The molecule has 2 atom stereocenters. The Hall–Kier alpha value is -1.06. The summed E-state index contributed by atoms with van der Waals surface area (Å²) in [6.45, 7) is 12.8. The predicted octanol–water partition coefficient (Wildman–Crippen LogP) is 4.08. The minimum Gasteiger partial charge on any atom is -0.494 e. The van der Waals surface area contributed by atoms with Crippen molar-refractivity contribution in [2.75, 3.05) is 26.2 Å². The van der Waals surface area contributed by atoms with Crippen LogP contribution in [-0.2, 0) is 4.74 Å². The van der Waals surface area contributed by atoms with Crippen LogP contribution in [0.4, 0.5) is 0 Å². The Bertz CT molecular complexity index is 420. The van der Waals surface area contributed by atoms with Crippen molar-refractivity contribution >= 4 is 0 Å². The van der Waals surface area contributed by atoms with Gasteiger partial charge in [0.1, 0.15) is 5.75 Å². The van der Waals surface area contributed by atoms with Gasteiger partial charge >= 0.3 is 0 Å². The molecule has 1 saturated heterocycles. The highest BCUT2D eigenvalue weighted by Gasteiger charge is 2.21. The molecule has 1 aliphatic rings. The van der Waals surface area contributed by atoms with Crippen molar-refractivity contribution in [3.05, 3.63) is 29.8 Å². The van der Waals surface area contributed by atoms with E-state index in [1.54, 1.807) is 0 Å². The van der Waals surface area contributed by atoms with E-state index in [0.717, 1.165) is 38.4 Å². The molecule has 0 unspecified atom stereocenters. The van der Waals surface area contributed by atoms with Gasteiger partial charge < -0.3 is 9.47 Å². The second-order valence-electron chi connectivity index (χ2n) is 6.80. The van der Waals surface area contributed by atoms with Crippen LogP contribution < -0.4 is 4.74 Å². The van der Waals surface area contributed by atoms with Crippen molar-refractivity contribution in [3.63, 3.8) is 0 Å². The van der Waals surface area contributed by atoms with E-state index in [-0.39, 0.29) is 0 Å². The van der Waals surface area contributed by atoms with Crippen LogP contribution in [0.2, 0.25) is 0 Å². The van der Waals surface area contributed by atoms with Crippen molar-refractivity contribution in [3.8, 4) is 5.75 Å². The second kappa shape index (κ2) is 8.54. The van der Waals surface area contributed by atoms with Crippen LogP contribution in [0.15, 0.2) is 24.3 Å². The summed E-state index contributed by atoms with van der Waals surface area (Å²) in [6.07, 6.45) is 3.01. The van der Waals surface area contributed by atoms with Crippen LogP contribution in [0.3, 0.4) is 0 Å². The van der Waals surface area contributed by atoms with E-state index in [9.17, 15) is 0 Å². The molecule has 3 heteroatoms. The minimum absolute atomic E-state index is 0.361. The monoisotopic (exact) mass is 305 g/mol. The van der Waals surface area contributed by atoms with E-state index in [1.165, 1.54) is 12.0 Å². The zero-order valence-corrected chi connectivity index (χ0v) is 14.5. The normalized spacial score (nSPS) is 23.0. The molecule has 1 aromatic carbocycles. The Morgan fingerprint density at radius 3 is 2.32 bits per heavy atom. The summed E-state index contributed by atoms with van der Waals surface area (Å²) in [7, 11) is 0. The Morgan fingerprint density at radius 1 is 1.09 bits per heavy atom. The lowest BCUT2D eigenvalue weighted by Crippen LogP contribution is -2.45. The molecule has 1 aliphatic heterocycles. The molecule has 0 amide bonds. The van der Waals surface area contributed by atoms with Gasteiger partial charge in [-0.15, -0.1) is 0 Å². The summed E-state index contributed by atoms with van der Waals surface area (Å²) in [6, 6.07) is 8.49. The number of unbranched alkanes of at least 4 members (excludes halogenated alkanes) is 1. The molecule has 3 nitrogen and oxygen atoms in total. The first-order chi connectivity index (χ1) is 10.5. The lowest BCUT2D eigenvalue weighted by Gasteiger charge is -2.35. The third kappa shape index (κ3) is 5.62. The third-order valence-corrected chi connectivity index (χ3v) is 4.18. The van der Waals surface area contributed by atoms with E-state index in [2.05, 4.69) is 56.9 Å². The zero-order chi connectivity index (χ0) is 15.9. The molecular formula is C19H31NO2. The number of hydrogen-bond acceptors (Lipinski definition) is 3. The molecule has 1 aromatic rings. The average molecular weight is 305 g/mol.